The van der Waals surface area contributed by atoms with Crippen molar-refractivity contribution in [3.63, 3.8) is 0 Å². The second-order valence-electron chi connectivity index (χ2n) is 18.3. The van der Waals surface area contributed by atoms with E-state index in [-0.39, 0.29) is 11.5 Å². The summed E-state index contributed by atoms with van der Waals surface area (Å²) in [6.07, 6.45) is 21.9. The molecule has 0 spiro atoms. The van der Waals surface area contributed by atoms with Gasteiger partial charge in [0.05, 0.1) is 0 Å². The summed E-state index contributed by atoms with van der Waals surface area (Å²) >= 11 is 0. The maximum Gasteiger partial charge on any atom is 0.123 e. The second kappa shape index (κ2) is 19.2. The predicted octanol–water partition coefficient (Wildman–Crippen LogP) is 13.1. The van der Waals surface area contributed by atoms with Gasteiger partial charge < -0.3 is 16.8 Å². The predicted molar refractivity (Wildman–Crippen MR) is 242 cm³/mol. The first-order valence-corrected chi connectivity index (χ1v) is 22.6. The van der Waals surface area contributed by atoms with Crippen molar-refractivity contribution in [1.29, 1.82) is 0 Å². The molecule has 0 aliphatic heterocycles. The van der Waals surface area contributed by atoms with E-state index in [1.807, 2.05) is 38.2 Å². The van der Waals surface area contributed by atoms with Gasteiger partial charge in [-0.25, -0.2) is 4.98 Å². The molecule has 306 valence electrons. The maximum atomic E-state index is 7.66. The number of nitrogens with two attached hydrogens (primary N) is 2. The van der Waals surface area contributed by atoms with Crippen LogP contribution in [0.3, 0.4) is 0 Å². The van der Waals surface area contributed by atoms with Gasteiger partial charge in [-0.1, -0.05) is 115 Å². The van der Waals surface area contributed by atoms with Crippen LogP contribution in [0.2, 0.25) is 0 Å². The van der Waals surface area contributed by atoms with Crippen LogP contribution in [-0.4, -0.2) is 15.5 Å². The van der Waals surface area contributed by atoms with Crippen LogP contribution in [0.25, 0.3) is 0 Å². The number of hydrogen-bond donors (Lipinski definition) is 3. The summed E-state index contributed by atoms with van der Waals surface area (Å²) in [6, 6.07) is 31.5. The number of anilines is 2. The van der Waals surface area contributed by atoms with Crippen molar-refractivity contribution < 1.29 is 0 Å². The molecule has 8 rings (SSSR count). The third kappa shape index (κ3) is 9.35. The summed E-state index contributed by atoms with van der Waals surface area (Å²) in [5, 5.41) is 3.78. The van der Waals surface area contributed by atoms with Crippen molar-refractivity contribution in [3.8, 4) is 0 Å². The second-order valence-corrected chi connectivity index (χ2v) is 18.3. The highest BCUT2D eigenvalue weighted by Crippen LogP contribution is 2.68. The fourth-order valence-electron chi connectivity index (χ4n) is 12.5. The Morgan fingerprint density at radius 3 is 2.18 bits per heavy atom. The zero-order valence-corrected chi connectivity index (χ0v) is 35.9. The Balaban J connectivity index is 0.000000545. The zero-order valence-electron chi connectivity index (χ0n) is 35.9. The lowest BCUT2D eigenvalue weighted by Crippen LogP contribution is -2.67. The first kappa shape index (κ1) is 42.6. The number of benzene rings is 2. The van der Waals surface area contributed by atoms with Crippen molar-refractivity contribution >= 4 is 11.5 Å². The quantitative estimate of drug-likeness (QED) is 0.141. The molecule has 0 amide bonds. The molecule has 5 N–H and O–H groups in total. The summed E-state index contributed by atoms with van der Waals surface area (Å²) in [5.74, 6) is 4.34. The van der Waals surface area contributed by atoms with Crippen LogP contribution < -0.4 is 16.8 Å². The smallest absolute Gasteiger partial charge is 0.123 e. The number of nitrogens with one attached hydrogen (secondary N) is 1. The van der Waals surface area contributed by atoms with Gasteiger partial charge in [-0.15, -0.1) is 0 Å². The van der Waals surface area contributed by atoms with Gasteiger partial charge in [-0.05, 0) is 159 Å². The largest absolute Gasteiger partial charge is 0.384 e. The molecule has 4 fully saturated rings. The Labute approximate surface area is 346 Å². The van der Waals surface area contributed by atoms with E-state index >= 15 is 0 Å². The van der Waals surface area contributed by atoms with Gasteiger partial charge >= 0.3 is 0 Å². The SMILES string of the molecule is C=C(CCCC1CCC2C1(C)CCC1C3(C)CCCCC3CCC12N)Nc1ccccc1C[C@H](c1ccccn1)C(C)c1ccccc1.CC.Nc1ccccn1. The molecular weight excluding hydrogens is 695 g/mol. The molecule has 5 heteroatoms. The first-order chi connectivity index (χ1) is 27.6. The highest BCUT2D eigenvalue weighted by Gasteiger charge is 2.64. The molecule has 2 heterocycles. The van der Waals surface area contributed by atoms with E-state index in [2.05, 4.69) is 104 Å². The lowest BCUT2D eigenvalue weighted by atomic mass is 9.42. The third-order valence-corrected chi connectivity index (χ3v) is 15.5. The number of nitrogen functional groups attached to an aromatic ring is 1. The highest BCUT2D eigenvalue weighted by atomic mass is 14.9. The molecule has 4 aliphatic carbocycles. The fourth-order valence-corrected chi connectivity index (χ4v) is 12.5. The normalized spacial score (nSPS) is 29.7. The molecule has 2 aromatic heterocycles. The van der Waals surface area contributed by atoms with E-state index in [4.69, 9.17) is 16.5 Å². The Morgan fingerprint density at radius 1 is 0.772 bits per heavy atom. The molecule has 0 bridgehead atoms. The summed E-state index contributed by atoms with van der Waals surface area (Å²) in [6.45, 7) is 16.2. The molecule has 8 unspecified atom stereocenters. The average Bonchev–Trinajstić information content (AvgIpc) is 3.58. The van der Waals surface area contributed by atoms with E-state index in [0.29, 0.717) is 28.5 Å². The van der Waals surface area contributed by atoms with Gasteiger partial charge in [0.2, 0.25) is 0 Å². The van der Waals surface area contributed by atoms with Crippen molar-refractivity contribution in [2.45, 2.75) is 142 Å². The van der Waals surface area contributed by atoms with E-state index < -0.39 is 0 Å². The molecule has 4 aromatic rings. The van der Waals surface area contributed by atoms with E-state index in [1.54, 1.807) is 12.3 Å². The van der Waals surface area contributed by atoms with E-state index in [0.717, 1.165) is 42.0 Å². The zero-order chi connectivity index (χ0) is 40.5. The summed E-state index contributed by atoms with van der Waals surface area (Å²) in [5.41, 5.74) is 20.0. The van der Waals surface area contributed by atoms with E-state index in [1.165, 1.54) is 93.9 Å². The molecule has 4 aliphatic rings. The van der Waals surface area contributed by atoms with Crippen LogP contribution in [0.15, 0.2) is 116 Å². The Morgan fingerprint density at radius 2 is 1.47 bits per heavy atom. The number of para-hydroxylation sites is 1. The van der Waals surface area contributed by atoms with Crippen molar-refractivity contribution in [3.05, 3.63) is 132 Å². The molecule has 0 radical (unpaired) electrons. The van der Waals surface area contributed by atoms with Crippen LogP contribution >= 0.6 is 0 Å². The summed E-state index contributed by atoms with van der Waals surface area (Å²) < 4.78 is 0. The van der Waals surface area contributed by atoms with Gasteiger partial charge in [0.25, 0.3) is 0 Å². The van der Waals surface area contributed by atoms with E-state index in [9.17, 15) is 0 Å². The average molecular weight is 768 g/mol. The van der Waals surface area contributed by atoms with Gasteiger partial charge in [0, 0.05) is 40.9 Å². The molecule has 5 nitrogen and oxygen atoms in total. The van der Waals surface area contributed by atoms with Crippen LogP contribution in [-0.2, 0) is 6.42 Å². The van der Waals surface area contributed by atoms with Gasteiger partial charge in [-0.2, -0.15) is 0 Å². The maximum absolute atomic E-state index is 7.66. The third-order valence-electron chi connectivity index (χ3n) is 15.5. The van der Waals surface area contributed by atoms with Gasteiger partial charge in [0.15, 0.2) is 0 Å². The van der Waals surface area contributed by atoms with Crippen LogP contribution in [0, 0.1) is 34.5 Å². The molecule has 57 heavy (non-hydrogen) atoms. The Hall–Kier alpha value is -3.96. The molecule has 9 atom stereocenters. The number of hydrogen-bond acceptors (Lipinski definition) is 5. The standard InChI is InChI=1S/C45H61N3.C5H6N2.C2H6/c1-32(48-39-21-9-8-18-35(39)31-38(40-22-11-13-30-47-40)33(2)34-16-6-5-7-17-34)15-14-20-36-23-24-41-44(36,4)28-26-42-43(3)27-12-10-19-37(43)25-29-45(41,42)46;6-5-3-1-2-4-7-5;1-2/h5-9,11,13,16-18,21-22,30,33,36-38,41-42,48H,1,10,12,14-15,19-20,23-29,31,46H2,2-4H3;1-4H,(H2,6,7);1-2H3/t33?,36?,37?,38-,41?,42?,43?,44?,45?;;/m0../s1. The van der Waals surface area contributed by atoms with Gasteiger partial charge in [-0.3, -0.25) is 4.98 Å². The first-order valence-electron chi connectivity index (χ1n) is 22.6. The lowest BCUT2D eigenvalue weighted by molar-refractivity contribution is -0.126. The number of rotatable bonds is 11. The summed E-state index contributed by atoms with van der Waals surface area (Å²) in [7, 11) is 0. The van der Waals surface area contributed by atoms with Crippen LogP contribution in [0.1, 0.15) is 147 Å². The number of allylic oxidation sites excluding steroid dienone is 1. The van der Waals surface area contributed by atoms with Crippen LogP contribution in [0.4, 0.5) is 11.5 Å². The monoisotopic (exact) mass is 768 g/mol. The number of aromatic nitrogens is 2. The molecule has 0 saturated heterocycles. The van der Waals surface area contributed by atoms with Gasteiger partial charge in [0.1, 0.15) is 5.82 Å². The molecule has 2 aromatic carbocycles. The minimum atomic E-state index is 0.0599. The number of nitrogens with zero attached hydrogens (tertiary/aromatic N) is 2. The summed E-state index contributed by atoms with van der Waals surface area (Å²) in [4.78, 5) is 8.58. The Bertz CT molecular complexity index is 1830. The van der Waals surface area contributed by atoms with Crippen molar-refractivity contribution in [1.82, 2.24) is 9.97 Å². The minimum Gasteiger partial charge on any atom is -0.384 e. The topological polar surface area (TPSA) is 89.8 Å². The minimum absolute atomic E-state index is 0.0599. The highest BCUT2D eigenvalue weighted by molar-refractivity contribution is 5.55. The number of pyridine rings is 2. The number of fused-ring (bicyclic) bond motifs is 5. The molecular formula is C52H73N5. The van der Waals surface area contributed by atoms with Crippen molar-refractivity contribution in [2.75, 3.05) is 11.1 Å². The Kier molecular flexibility index (Phi) is 14.4. The van der Waals surface area contributed by atoms with Crippen LogP contribution in [0.5, 0.6) is 0 Å². The lowest BCUT2D eigenvalue weighted by Gasteiger charge is -2.65. The fraction of sp³-hybridized carbons (Fsp3) is 0.538. The van der Waals surface area contributed by atoms with Crippen molar-refractivity contribution in [2.24, 2.45) is 40.2 Å². The molecule has 4 saturated carbocycles.